The Morgan fingerprint density at radius 2 is 2.36 bits per heavy atom. The van der Waals surface area contributed by atoms with E-state index in [1.807, 2.05) is 18.3 Å². The first-order valence-electron chi connectivity index (χ1n) is 5.48. The van der Waals surface area contributed by atoms with E-state index in [2.05, 4.69) is 23.3 Å². The summed E-state index contributed by atoms with van der Waals surface area (Å²) in [5.74, 6) is 0.899. The second kappa shape index (κ2) is 4.56. The molecule has 0 bridgehead atoms. The largest absolute Gasteiger partial charge is 0.308 e. The van der Waals surface area contributed by atoms with Crippen molar-refractivity contribution < 1.29 is 0 Å². The maximum atomic E-state index is 4.30. The Balaban J connectivity index is 1.78. The second-order valence-electron chi connectivity index (χ2n) is 4.32. The van der Waals surface area contributed by atoms with Gasteiger partial charge in [-0.2, -0.15) is 0 Å². The van der Waals surface area contributed by atoms with Crippen LogP contribution in [-0.4, -0.2) is 11.0 Å². The summed E-state index contributed by atoms with van der Waals surface area (Å²) in [7, 11) is 0. The average molecular weight is 190 g/mol. The fourth-order valence-corrected chi connectivity index (χ4v) is 2.14. The smallest absolute Gasteiger partial charge is 0.0541 e. The molecule has 1 aliphatic carbocycles. The van der Waals surface area contributed by atoms with Crippen LogP contribution in [-0.2, 0) is 6.54 Å². The van der Waals surface area contributed by atoms with Gasteiger partial charge in [0.25, 0.3) is 0 Å². The molecule has 1 heterocycles. The topological polar surface area (TPSA) is 24.9 Å². The van der Waals surface area contributed by atoms with E-state index in [-0.39, 0.29) is 0 Å². The van der Waals surface area contributed by atoms with Gasteiger partial charge >= 0.3 is 0 Å². The minimum Gasteiger partial charge on any atom is -0.308 e. The third-order valence-electron chi connectivity index (χ3n) is 2.99. The van der Waals surface area contributed by atoms with Crippen molar-refractivity contribution in [2.45, 2.75) is 38.8 Å². The molecule has 0 saturated heterocycles. The van der Waals surface area contributed by atoms with Crippen LogP contribution in [0.4, 0.5) is 0 Å². The molecule has 2 rings (SSSR count). The number of hydrogen-bond donors (Lipinski definition) is 1. The zero-order valence-corrected chi connectivity index (χ0v) is 8.74. The van der Waals surface area contributed by atoms with Crippen LogP contribution < -0.4 is 5.32 Å². The van der Waals surface area contributed by atoms with Gasteiger partial charge in [-0.1, -0.05) is 13.0 Å². The molecule has 1 fully saturated rings. The standard InChI is InChI=1S/C12H18N2/c1-10-5-6-11(8-10)14-9-12-4-2-3-7-13-12/h2-4,7,10-11,14H,5-6,8-9H2,1H3/t10-,11+/m1/s1. The van der Waals surface area contributed by atoms with Crippen molar-refractivity contribution >= 4 is 0 Å². The zero-order valence-electron chi connectivity index (χ0n) is 8.74. The number of pyridine rings is 1. The molecule has 1 aromatic rings. The third kappa shape index (κ3) is 2.55. The van der Waals surface area contributed by atoms with E-state index in [9.17, 15) is 0 Å². The summed E-state index contributed by atoms with van der Waals surface area (Å²) in [4.78, 5) is 4.30. The molecule has 1 aliphatic rings. The summed E-state index contributed by atoms with van der Waals surface area (Å²) >= 11 is 0. The second-order valence-corrected chi connectivity index (χ2v) is 4.32. The SMILES string of the molecule is C[C@@H]1CC[C@H](NCc2ccccn2)C1. The van der Waals surface area contributed by atoms with Gasteiger partial charge in [0.05, 0.1) is 5.69 Å². The van der Waals surface area contributed by atoms with E-state index in [1.165, 1.54) is 19.3 Å². The van der Waals surface area contributed by atoms with E-state index in [0.29, 0.717) is 6.04 Å². The lowest BCUT2D eigenvalue weighted by molar-refractivity contribution is 0.498. The molecule has 1 aromatic heterocycles. The summed E-state index contributed by atoms with van der Waals surface area (Å²) in [5.41, 5.74) is 1.15. The maximum Gasteiger partial charge on any atom is 0.0541 e. The van der Waals surface area contributed by atoms with Crippen LogP contribution in [0.2, 0.25) is 0 Å². The van der Waals surface area contributed by atoms with Crippen molar-refractivity contribution in [1.29, 1.82) is 0 Å². The van der Waals surface area contributed by atoms with Crippen molar-refractivity contribution in [2.75, 3.05) is 0 Å². The summed E-state index contributed by atoms with van der Waals surface area (Å²) in [5, 5.41) is 3.57. The Bertz CT molecular complexity index is 271. The monoisotopic (exact) mass is 190 g/mol. The predicted octanol–water partition coefficient (Wildman–Crippen LogP) is 2.36. The fraction of sp³-hybridized carbons (Fsp3) is 0.583. The van der Waals surface area contributed by atoms with E-state index >= 15 is 0 Å². The molecule has 2 heteroatoms. The van der Waals surface area contributed by atoms with Gasteiger partial charge in [0.15, 0.2) is 0 Å². The van der Waals surface area contributed by atoms with Crippen molar-refractivity contribution in [1.82, 2.24) is 10.3 Å². The number of aromatic nitrogens is 1. The number of nitrogens with zero attached hydrogens (tertiary/aromatic N) is 1. The molecule has 0 spiro atoms. The zero-order chi connectivity index (χ0) is 9.80. The summed E-state index contributed by atoms with van der Waals surface area (Å²) in [6, 6.07) is 6.79. The molecular formula is C12H18N2. The van der Waals surface area contributed by atoms with Gasteiger partial charge in [0.1, 0.15) is 0 Å². The lowest BCUT2D eigenvalue weighted by atomic mass is 10.1. The van der Waals surface area contributed by atoms with Gasteiger partial charge in [-0.3, -0.25) is 4.98 Å². The third-order valence-corrected chi connectivity index (χ3v) is 2.99. The molecule has 14 heavy (non-hydrogen) atoms. The molecule has 0 aliphatic heterocycles. The highest BCUT2D eigenvalue weighted by atomic mass is 14.9. The minimum absolute atomic E-state index is 0.715. The van der Waals surface area contributed by atoms with E-state index in [1.54, 1.807) is 0 Å². The van der Waals surface area contributed by atoms with Crippen LogP contribution in [0.5, 0.6) is 0 Å². The van der Waals surface area contributed by atoms with Crippen LogP contribution in [0.25, 0.3) is 0 Å². The molecule has 76 valence electrons. The van der Waals surface area contributed by atoms with Gasteiger partial charge in [0.2, 0.25) is 0 Å². The van der Waals surface area contributed by atoms with Gasteiger partial charge in [-0.15, -0.1) is 0 Å². The van der Waals surface area contributed by atoms with E-state index < -0.39 is 0 Å². The molecular weight excluding hydrogens is 172 g/mol. The quantitative estimate of drug-likeness (QED) is 0.791. The Kier molecular flexibility index (Phi) is 3.14. The highest BCUT2D eigenvalue weighted by molar-refractivity contribution is 5.03. The normalized spacial score (nSPS) is 26.6. The fourth-order valence-electron chi connectivity index (χ4n) is 2.14. The summed E-state index contributed by atoms with van der Waals surface area (Å²) in [6.07, 6.45) is 5.88. The van der Waals surface area contributed by atoms with Crippen LogP contribution in [0.15, 0.2) is 24.4 Å². The van der Waals surface area contributed by atoms with Crippen molar-refractivity contribution in [3.63, 3.8) is 0 Å². The lowest BCUT2D eigenvalue weighted by Crippen LogP contribution is -2.26. The Labute approximate surface area is 85.7 Å². The average Bonchev–Trinajstić information content (AvgIpc) is 2.63. The van der Waals surface area contributed by atoms with Crippen LogP contribution >= 0.6 is 0 Å². The molecule has 2 atom stereocenters. The van der Waals surface area contributed by atoms with Gasteiger partial charge in [0, 0.05) is 18.8 Å². The van der Waals surface area contributed by atoms with Gasteiger partial charge < -0.3 is 5.32 Å². The molecule has 2 nitrogen and oxygen atoms in total. The molecule has 0 aromatic carbocycles. The number of hydrogen-bond acceptors (Lipinski definition) is 2. The maximum absolute atomic E-state index is 4.30. The number of nitrogens with one attached hydrogen (secondary N) is 1. The summed E-state index contributed by atoms with van der Waals surface area (Å²) < 4.78 is 0. The lowest BCUT2D eigenvalue weighted by Gasteiger charge is -2.11. The molecule has 0 amide bonds. The first-order chi connectivity index (χ1) is 6.84. The number of rotatable bonds is 3. The minimum atomic E-state index is 0.715. The van der Waals surface area contributed by atoms with E-state index in [4.69, 9.17) is 0 Å². The van der Waals surface area contributed by atoms with Gasteiger partial charge in [-0.05, 0) is 37.3 Å². The van der Waals surface area contributed by atoms with E-state index in [0.717, 1.165) is 18.2 Å². The van der Waals surface area contributed by atoms with Crippen molar-refractivity contribution in [2.24, 2.45) is 5.92 Å². The van der Waals surface area contributed by atoms with Crippen molar-refractivity contribution in [3.05, 3.63) is 30.1 Å². The molecule has 0 radical (unpaired) electrons. The summed E-state index contributed by atoms with van der Waals surface area (Å²) in [6.45, 7) is 3.25. The Morgan fingerprint density at radius 1 is 1.43 bits per heavy atom. The Morgan fingerprint density at radius 3 is 3.00 bits per heavy atom. The first kappa shape index (κ1) is 9.66. The van der Waals surface area contributed by atoms with Gasteiger partial charge in [-0.25, -0.2) is 0 Å². The molecule has 0 unspecified atom stereocenters. The van der Waals surface area contributed by atoms with Crippen LogP contribution in [0.1, 0.15) is 31.9 Å². The predicted molar refractivity (Wildman–Crippen MR) is 57.9 cm³/mol. The first-order valence-corrected chi connectivity index (χ1v) is 5.48. The Hall–Kier alpha value is -0.890. The van der Waals surface area contributed by atoms with Crippen LogP contribution in [0, 0.1) is 5.92 Å². The molecule has 1 saturated carbocycles. The van der Waals surface area contributed by atoms with Crippen LogP contribution in [0.3, 0.4) is 0 Å². The highest BCUT2D eigenvalue weighted by Crippen LogP contribution is 2.24. The van der Waals surface area contributed by atoms with Crippen molar-refractivity contribution in [3.8, 4) is 0 Å². The highest BCUT2D eigenvalue weighted by Gasteiger charge is 2.20. The molecule has 1 N–H and O–H groups in total.